The summed E-state index contributed by atoms with van der Waals surface area (Å²) in [5, 5.41) is 9.17. The summed E-state index contributed by atoms with van der Waals surface area (Å²) in [5.74, 6) is 5.44. The standard InChI is InChI=1S/C10H18O/c1-3-5-6-7-9-10(11)8-4-2/h10-11H,3,5-7,9H2,1-2H3. The van der Waals surface area contributed by atoms with E-state index in [4.69, 9.17) is 0 Å². The van der Waals surface area contributed by atoms with Gasteiger partial charge in [-0.25, -0.2) is 0 Å². The first kappa shape index (κ1) is 10.5. The normalized spacial score (nSPS) is 11.9. The zero-order valence-corrected chi connectivity index (χ0v) is 7.56. The van der Waals surface area contributed by atoms with Crippen molar-refractivity contribution in [2.24, 2.45) is 0 Å². The van der Waals surface area contributed by atoms with E-state index in [0.29, 0.717) is 0 Å². The van der Waals surface area contributed by atoms with E-state index in [1.54, 1.807) is 6.92 Å². The van der Waals surface area contributed by atoms with Crippen molar-refractivity contribution in [2.75, 3.05) is 0 Å². The van der Waals surface area contributed by atoms with Gasteiger partial charge in [-0.05, 0) is 19.8 Å². The number of aliphatic hydroxyl groups excluding tert-OH is 1. The van der Waals surface area contributed by atoms with Crippen molar-refractivity contribution >= 4 is 0 Å². The molecule has 0 aliphatic carbocycles. The van der Waals surface area contributed by atoms with Crippen LogP contribution in [0, 0.1) is 11.8 Å². The number of rotatable bonds is 5. The zero-order chi connectivity index (χ0) is 8.53. The van der Waals surface area contributed by atoms with Crippen LogP contribution in [0.1, 0.15) is 46.0 Å². The molecule has 0 aliphatic heterocycles. The predicted molar refractivity (Wildman–Crippen MR) is 48.2 cm³/mol. The number of aliphatic hydroxyl groups is 1. The van der Waals surface area contributed by atoms with E-state index in [1.165, 1.54) is 19.3 Å². The number of hydrogen-bond acceptors (Lipinski definition) is 1. The molecule has 11 heavy (non-hydrogen) atoms. The van der Waals surface area contributed by atoms with Crippen molar-refractivity contribution in [1.29, 1.82) is 0 Å². The Kier molecular flexibility index (Phi) is 7.29. The maximum atomic E-state index is 9.17. The Hall–Kier alpha value is -0.480. The second-order valence-corrected chi connectivity index (χ2v) is 2.76. The fraction of sp³-hybridized carbons (Fsp3) is 0.800. The Balaban J connectivity index is 3.15. The van der Waals surface area contributed by atoms with Crippen molar-refractivity contribution in [2.45, 2.75) is 52.1 Å². The first-order chi connectivity index (χ1) is 5.31. The van der Waals surface area contributed by atoms with Crippen LogP contribution in [-0.2, 0) is 0 Å². The van der Waals surface area contributed by atoms with Crippen molar-refractivity contribution in [3.05, 3.63) is 0 Å². The Morgan fingerprint density at radius 1 is 1.27 bits per heavy atom. The summed E-state index contributed by atoms with van der Waals surface area (Å²) in [6, 6.07) is 0. The van der Waals surface area contributed by atoms with Crippen LogP contribution in [0.15, 0.2) is 0 Å². The van der Waals surface area contributed by atoms with Crippen LogP contribution in [-0.4, -0.2) is 11.2 Å². The lowest BCUT2D eigenvalue weighted by Crippen LogP contribution is -2.01. The Bertz CT molecular complexity index is 130. The molecule has 0 spiro atoms. The molecule has 1 atom stereocenters. The van der Waals surface area contributed by atoms with Gasteiger partial charge in [0, 0.05) is 0 Å². The molecule has 64 valence electrons. The molecule has 0 aromatic rings. The monoisotopic (exact) mass is 154 g/mol. The Morgan fingerprint density at radius 2 is 2.00 bits per heavy atom. The molecule has 0 bridgehead atoms. The second kappa shape index (κ2) is 7.63. The largest absolute Gasteiger partial charge is 0.380 e. The summed E-state index contributed by atoms with van der Waals surface area (Å²) >= 11 is 0. The van der Waals surface area contributed by atoms with Crippen LogP contribution in [0.3, 0.4) is 0 Å². The lowest BCUT2D eigenvalue weighted by molar-refractivity contribution is 0.217. The summed E-state index contributed by atoms with van der Waals surface area (Å²) in [6.07, 6.45) is 5.28. The highest BCUT2D eigenvalue weighted by molar-refractivity contribution is 5.01. The third-order valence-electron chi connectivity index (χ3n) is 1.64. The molecule has 1 unspecified atom stereocenters. The highest BCUT2D eigenvalue weighted by atomic mass is 16.3. The van der Waals surface area contributed by atoms with Gasteiger partial charge in [0.25, 0.3) is 0 Å². The molecule has 1 heteroatoms. The molecule has 0 aromatic carbocycles. The van der Waals surface area contributed by atoms with Crippen LogP contribution in [0.5, 0.6) is 0 Å². The van der Waals surface area contributed by atoms with E-state index >= 15 is 0 Å². The van der Waals surface area contributed by atoms with Gasteiger partial charge in [0.05, 0.1) is 0 Å². The molecule has 0 saturated heterocycles. The minimum absolute atomic E-state index is 0.392. The molecular weight excluding hydrogens is 136 g/mol. The molecule has 0 saturated carbocycles. The third kappa shape index (κ3) is 7.42. The molecule has 1 N–H and O–H groups in total. The van der Waals surface area contributed by atoms with E-state index in [-0.39, 0.29) is 0 Å². The fourth-order valence-electron chi connectivity index (χ4n) is 1.00. The van der Waals surface area contributed by atoms with Gasteiger partial charge in [0.1, 0.15) is 6.10 Å². The summed E-state index contributed by atoms with van der Waals surface area (Å²) in [4.78, 5) is 0. The van der Waals surface area contributed by atoms with Gasteiger partial charge in [-0.1, -0.05) is 32.1 Å². The van der Waals surface area contributed by atoms with E-state index < -0.39 is 6.10 Å². The summed E-state index contributed by atoms with van der Waals surface area (Å²) in [6.45, 7) is 3.94. The van der Waals surface area contributed by atoms with Crippen LogP contribution >= 0.6 is 0 Å². The first-order valence-electron chi connectivity index (χ1n) is 4.41. The van der Waals surface area contributed by atoms with Gasteiger partial charge >= 0.3 is 0 Å². The van der Waals surface area contributed by atoms with Crippen molar-refractivity contribution in [3.8, 4) is 11.8 Å². The van der Waals surface area contributed by atoms with Gasteiger partial charge in [-0.15, -0.1) is 5.92 Å². The van der Waals surface area contributed by atoms with Crippen LogP contribution in [0.25, 0.3) is 0 Å². The zero-order valence-electron chi connectivity index (χ0n) is 7.56. The average molecular weight is 154 g/mol. The van der Waals surface area contributed by atoms with Gasteiger partial charge in [-0.2, -0.15) is 0 Å². The minimum Gasteiger partial charge on any atom is -0.380 e. The second-order valence-electron chi connectivity index (χ2n) is 2.76. The highest BCUT2D eigenvalue weighted by Gasteiger charge is 1.96. The number of hydrogen-bond donors (Lipinski definition) is 1. The van der Waals surface area contributed by atoms with E-state index in [1.807, 2.05) is 0 Å². The fourth-order valence-corrected chi connectivity index (χ4v) is 1.00. The Morgan fingerprint density at radius 3 is 2.55 bits per heavy atom. The van der Waals surface area contributed by atoms with Gasteiger partial charge < -0.3 is 5.11 Å². The maximum absolute atomic E-state index is 9.17. The van der Waals surface area contributed by atoms with Crippen molar-refractivity contribution in [3.63, 3.8) is 0 Å². The minimum atomic E-state index is -0.392. The first-order valence-corrected chi connectivity index (χ1v) is 4.41. The smallest absolute Gasteiger partial charge is 0.114 e. The van der Waals surface area contributed by atoms with Crippen LogP contribution in [0.4, 0.5) is 0 Å². The van der Waals surface area contributed by atoms with Gasteiger partial charge in [0.15, 0.2) is 0 Å². The molecule has 0 heterocycles. The van der Waals surface area contributed by atoms with Crippen LogP contribution < -0.4 is 0 Å². The van der Waals surface area contributed by atoms with Crippen molar-refractivity contribution in [1.82, 2.24) is 0 Å². The van der Waals surface area contributed by atoms with E-state index in [2.05, 4.69) is 18.8 Å². The highest BCUT2D eigenvalue weighted by Crippen LogP contribution is 2.04. The molecule has 0 amide bonds. The summed E-state index contributed by atoms with van der Waals surface area (Å²) < 4.78 is 0. The third-order valence-corrected chi connectivity index (χ3v) is 1.64. The average Bonchev–Trinajstić information content (AvgIpc) is 1.99. The molecule has 1 nitrogen and oxygen atoms in total. The van der Waals surface area contributed by atoms with E-state index in [0.717, 1.165) is 12.8 Å². The summed E-state index contributed by atoms with van der Waals surface area (Å²) in [5.41, 5.74) is 0. The Labute approximate surface area is 69.8 Å². The molecule has 0 radical (unpaired) electrons. The number of unbranched alkanes of at least 4 members (excludes halogenated alkanes) is 3. The topological polar surface area (TPSA) is 20.2 Å². The molecule has 0 rings (SSSR count). The lowest BCUT2D eigenvalue weighted by atomic mass is 10.1. The van der Waals surface area contributed by atoms with Crippen LogP contribution in [0.2, 0.25) is 0 Å². The molecular formula is C10H18O. The van der Waals surface area contributed by atoms with Crippen molar-refractivity contribution < 1.29 is 5.11 Å². The molecule has 0 aliphatic rings. The molecule has 0 aromatic heterocycles. The lowest BCUT2D eigenvalue weighted by Gasteiger charge is -2.01. The quantitative estimate of drug-likeness (QED) is 0.476. The molecule has 0 fully saturated rings. The summed E-state index contributed by atoms with van der Waals surface area (Å²) in [7, 11) is 0. The predicted octanol–water partition coefficient (Wildman–Crippen LogP) is 2.34. The van der Waals surface area contributed by atoms with Gasteiger partial charge in [0.2, 0.25) is 0 Å². The van der Waals surface area contributed by atoms with Gasteiger partial charge in [-0.3, -0.25) is 0 Å². The SMILES string of the molecule is CC#CC(O)CCCCCC. The van der Waals surface area contributed by atoms with E-state index in [9.17, 15) is 5.11 Å². The maximum Gasteiger partial charge on any atom is 0.114 e.